The number of nitrogens with two attached hydrogens (primary N) is 1. The number of benzene rings is 2. The van der Waals surface area contributed by atoms with Gasteiger partial charge in [-0.05, 0) is 36.7 Å². The average molecular weight is 403 g/mol. The first-order valence-electron chi connectivity index (χ1n) is 8.05. The predicted octanol–water partition coefficient (Wildman–Crippen LogP) is 2.41. The van der Waals surface area contributed by atoms with Crippen LogP contribution >= 0.6 is 0 Å². The van der Waals surface area contributed by atoms with Crippen molar-refractivity contribution in [3.05, 3.63) is 72.4 Å². The number of nitro groups is 3. The van der Waals surface area contributed by atoms with Gasteiger partial charge in [-0.15, -0.1) is 0 Å². The van der Waals surface area contributed by atoms with E-state index in [4.69, 9.17) is 10.6 Å². The lowest BCUT2D eigenvalue weighted by molar-refractivity contribution is -0.404. The summed E-state index contributed by atoms with van der Waals surface area (Å²) in [6.07, 6.45) is 1.80. The highest BCUT2D eigenvalue weighted by molar-refractivity contribution is 5.85. The fourth-order valence-corrected chi connectivity index (χ4v) is 2.84. The monoisotopic (exact) mass is 403 g/mol. The molecule has 1 heterocycles. The Morgan fingerprint density at radius 1 is 1.00 bits per heavy atom. The van der Waals surface area contributed by atoms with Crippen LogP contribution in [0.15, 0.2) is 36.5 Å². The number of aromatic hydroxyl groups is 1. The van der Waals surface area contributed by atoms with Crippen molar-refractivity contribution in [3.8, 4) is 11.5 Å². The van der Waals surface area contributed by atoms with Gasteiger partial charge in [-0.25, -0.2) is 0 Å². The van der Waals surface area contributed by atoms with Gasteiger partial charge in [0.2, 0.25) is 0 Å². The third-order valence-corrected chi connectivity index (χ3v) is 4.08. The predicted molar refractivity (Wildman–Crippen MR) is 98.8 cm³/mol. The van der Waals surface area contributed by atoms with Crippen LogP contribution in [-0.2, 0) is 6.42 Å². The minimum atomic E-state index is -1.01. The molecule has 29 heavy (non-hydrogen) atoms. The van der Waals surface area contributed by atoms with Crippen molar-refractivity contribution < 1.29 is 24.7 Å². The van der Waals surface area contributed by atoms with Gasteiger partial charge in [0.1, 0.15) is 5.75 Å². The van der Waals surface area contributed by atoms with Crippen molar-refractivity contribution >= 4 is 28.0 Å². The van der Waals surface area contributed by atoms with Crippen LogP contribution in [0, 0.1) is 30.3 Å². The minimum Gasteiger partial charge on any atom is -0.508 e. The molecule has 13 nitrogen and oxygen atoms in total. The lowest BCUT2D eigenvalue weighted by atomic mass is 10.1. The summed E-state index contributed by atoms with van der Waals surface area (Å²) in [5, 5.41) is 44.0. The van der Waals surface area contributed by atoms with Crippen molar-refractivity contribution in [2.45, 2.75) is 6.42 Å². The highest BCUT2D eigenvalue weighted by atomic mass is 16.7. The maximum Gasteiger partial charge on any atom is 0.328 e. The number of hydrogen-bond donors (Lipinski definition) is 2. The van der Waals surface area contributed by atoms with Gasteiger partial charge in [-0.1, -0.05) is 0 Å². The molecular formula is C16H13N5O8. The number of phenols is 1. The molecule has 150 valence electrons. The summed E-state index contributed by atoms with van der Waals surface area (Å²) in [7, 11) is 0. The van der Waals surface area contributed by atoms with E-state index in [0.29, 0.717) is 35.0 Å². The zero-order valence-corrected chi connectivity index (χ0v) is 14.5. The second-order valence-electron chi connectivity index (χ2n) is 5.90. The van der Waals surface area contributed by atoms with Gasteiger partial charge in [0, 0.05) is 11.6 Å². The number of fused-ring (bicyclic) bond motifs is 1. The normalized spacial score (nSPS) is 10.8. The number of nitrogens with zero attached hydrogens (tertiary/aromatic N) is 4. The highest BCUT2D eigenvalue weighted by Gasteiger charge is 2.33. The molecule has 3 N–H and O–H groups in total. The summed E-state index contributed by atoms with van der Waals surface area (Å²) in [6.45, 7) is 0.257. The Hall–Kier alpha value is -4.26. The van der Waals surface area contributed by atoms with Crippen LogP contribution in [0.3, 0.4) is 0 Å². The summed E-state index contributed by atoms with van der Waals surface area (Å²) in [4.78, 5) is 36.3. The number of rotatable bonds is 7. The molecule has 0 bridgehead atoms. The second-order valence-corrected chi connectivity index (χ2v) is 5.90. The van der Waals surface area contributed by atoms with Crippen LogP contribution in [0.5, 0.6) is 11.5 Å². The average Bonchev–Trinajstić information content (AvgIpc) is 2.98. The Labute approximate surface area is 160 Å². The van der Waals surface area contributed by atoms with Crippen LogP contribution in [0.1, 0.15) is 5.56 Å². The second kappa shape index (κ2) is 7.40. The zero-order valence-electron chi connectivity index (χ0n) is 14.5. The third kappa shape index (κ3) is 3.61. The lowest BCUT2D eigenvalue weighted by Gasteiger charge is -2.08. The molecule has 0 saturated heterocycles. The van der Waals surface area contributed by atoms with Crippen LogP contribution in [0.2, 0.25) is 0 Å². The molecule has 0 spiro atoms. The van der Waals surface area contributed by atoms with Crippen LogP contribution < -0.4 is 10.6 Å². The first kappa shape index (κ1) is 19.5. The topological polar surface area (TPSA) is 190 Å². The van der Waals surface area contributed by atoms with E-state index in [1.165, 1.54) is 24.4 Å². The lowest BCUT2D eigenvalue weighted by Crippen LogP contribution is -2.09. The first-order valence-corrected chi connectivity index (χ1v) is 8.05. The van der Waals surface area contributed by atoms with E-state index in [0.717, 1.165) is 4.73 Å². The molecule has 3 aromatic rings. The van der Waals surface area contributed by atoms with Gasteiger partial charge < -0.3 is 15.7 Å². The number of phenolic OH excluding ortho intramolecular Hbond substituents is 1. The quantitative estimate of drug-likeness (QED) is 0.440. The molecule has 3 rings (SSSR count). The highest BCUT2D eigenvalue weighted by Crippen LogP contribution is 2.41. The van der Waals surface area contributed by atoms with Gasteiger partial charge in [0.05, 0.1) is 32.4 Å². The Kier molecular flexibility index (Phi) is 4.97. The van der Waals surface area contributed by atoms with E-state index in [9.17, 15) is 35.4 Å². The number of non-ortho nitro benzene ring substituents is 1. The maximum absolute atomic E-state index is 11.4. The van der Waals surface area contributed by atoms with Gasteiger partial charge in [-0.3, -0.25) is 30.3 Å². The molecule has 0 aliphatic carbocycles. The Morgan fingerprint density at radius 3 is 2.14 bits per heavy atom. The van der Waals surface area contributed by atoms with E-state index in [2.05, 4.69) is 0 Å². The van der Waals surface area contributed by atoms with Crippen LogP contribution in [0.4, 0.5) is 17.1 Å². The Balaban J connectivity index is 2.23. The summed E-state index contributed by atoms with van der Waals surface area (Å²) in [5.41, 5.74) is 3.86. The summed E-state index contributed by atoms with van der Waals surface area (Å²) in [5.74, 6) is -0.810. The molecule has 0 amide bonds. The first-order chi connectivity index (χ1) is 13.7. The van der Waals surface area contributed by atoms with Crippen LogP contribution in [0.25, 0.3) is 10.9 Å². The van der Waals surface area contributed by atoms with E-state index < -0.39 is 37.6 Å². The van der Waals surface area contributed by atoms with Crippen molar-refractivity contribution in [2.24, 2.45) is 5.73 Å². The molecule has 0 aliphatic heterocycles. The largest absolute Gasteiger partial charge is 0.508 e. The summed E-state index contributed by atoms with van der Waals surface area (Å²) < 4.78 is 1.06. The molecule has 13 heteroatoms. The molecular weight excluding hydrogens is 390 g/mol. The SMILES string of the molecule is NCCc1cn(Oc2c([N+](=O)[O-])cc([N+](=O)[O-])cc2[N+](=O)[O-])c2ccc(O)cc12. The number of nitro benzene ring substituents is 3. The van der Waals surface area contributed by atoms with Crippen molar-refractivity contribution in [1.29, 1.82) is 0 Å². The number of aromatic nitrogens is 1. The van der Waals surface area contributed by atoms with E-state index in [1.54, 1.807) is 0 Å². The summed E-state index contributed by atoms with van der Waals surface area (Å²) >= 11 is 0. The van der Waals surface area contributed by atoms with Crippen molar-refractivity contribution in [1.82, 2.24) is 4.73 Å². The molecule has 0 unspecified atom stereocenters. The Bertz CT molecular complexity index is 1120. The van der Waals surface area contributed by atoms with Gasteiger partial charge in [0.15, 0.2) is 0 Å². The van der Waals surface area contributed by atoms with Gasteiger partial charge >= 0.3 is 17.1 Å². The molecule has 2 aromatic carbocycles. The molecule has 0 fully saturated rings. The van der Waals surface area contributed by atoms with E-state index >= 15 is 0 Å². The molecule has 0 aliphatic rings. The smallest absolute Gasteiger partial charge is 0.328 e. The fourth-order valence-electron chi connectivity index (χ4n) is 2.84. The van der Waals surface area contributed by atoms with E-state index in [-0.39, 0.29) is 12.3 Å². The standard InChI is InChI=1S/C16H13N5O8/c17-4-3-9-8-18(13-2-1-11(22)7-12(9)13)29-16-14(20(25)26)5-10(19(23)24)6-15(16)21(27)28/h1-2,5-8,22H,3-4,17H2. The van der Waals surface area contributed by atoms with Gasteiger partial charge in [-0.2, -0.15) is 4.73 Å². The Morgan fingerprint density at radius 2 is 1.62 bits per heavy atom. The van der Waals surface area contributed by atoms with Crippen LogP contribution in [-0.4, -0.2) is 31.2 Å². The van der Waals surface area contributed by atoms with Gasteiger partial charge in [0.25, 0.3) is 5.69 Å². The molecule has 0 radical (unpaired) electrons. The van der Waals surface area contributed by atoms with Crippen molar-refractivity contribution in [2.75, 3.05) is 6.54 Å². The maximum atomic E-state index is 11.4. The number of hydrogen-bond acceptors (Lipinski definition) is 9. The molecule has 1 aromatic heterocycles. The molecule has 0 saturated carbocycles. The zero-order chi connectivity index (χ0) is 21.3. The summed E-state index contributed by atoms with van der Waals surface area (Å²) in [6, 6.07) is 5.39. The third-order valence-electron chi connectivity index (χ3n) is 4.08. The fraction of sp³-hybridized carbons (Fsp3) is 0.125. The van der Waals surface area contributed by atoms with Crippen molar-refractivity contribution in [3.63, 3.8) is 0 Å². The van der Waals surface area contributed by atoms with E-state index in [1.807, 2.05) is 0 Å². The minimum absolute atomic E-state index is 0.0409. The molecule has 0 atom stereocenters.